The average Bonchev–Trinajstić information content (AvgIpc) is 3.03. The molecule has 1 amide bonds. The van der Waals surface area contributed by atoms with E-state index in [-0.39, 0.29) is 34.7 Å². The van der Waals surface area contributed by atoms with Crippen LogP contribution in [0.4, 0.5) is 14.5 Å². The van der Waals surface area contributed by atoms with Crippen LogP contribution in [0.15, 0.2) is 18.2 Å². The van der Waals surface area contributed by atoms with E-state index in [1.165, 1.54) is 19.2 Å². The number of carbonyl (C=O) groups excluding carboxylic acids is 2. The lowest BCUT2D eigenvalue weighted by Gasteiger charge is -2.19. The number of methoxy groups -OCH3 is 1. The summed E-state index contributed by atoms with van der Waals surface area (Å²) in [6, 6.07) is 3.83. The minimum atomic E-state index is -3.09. The summed E-state index contributed by atoms with van der Waals surface area (Å²) in [6.45, 7) is -2.68. The molecule has 1 aromatic carbocycles. The van der Waals surface area contributed by atoms with E-state index in [1.807, 2.05) is 0 Å². The summed E-state index contributed by atoms with van der Waals surface area (Å²) < 4.78 is 34.2. The highest BCUT2D eigenvalue weighted by molar-refractivity contribution is 5.96. The number of rotatable bonds is 6. The van der Waals surface area contributed by atoms with Gasteiger partial charge in [0.05, 0.1) is 18.4 Å². The Kier molecular flexibility index (Phi) is 6.08. The van der Waals surface area contributed by atoms with Gasteiger partial charge >= 0.3 is 12.6 Å². The van der Waals surface area contributed by atoms with Crippen LogP contribution in [-0.4, -0.2) is 32.1 Å². The molecule has 24 heavy (non-hydrogen) atoms. The Morgan fingerprint density at radius 2 is 2.12 bits per heavy atom. The first-order valence-electron chi connectivity index (χ1n) is 7.64. The molecule has 1 aliphatic carbocycles. The van der Waals surface area contributed by atoms with Gasteiger partial charge in [-0.15, -0.1) is 0 Å². The van der Waals surface area contributed by atoms with Crippen LogP contribution in [-0.2, 0) is 9.53 Å². The maximum atomic E-state index is 12.6. The van der Waals surface area contributed by atoms with Crippen LogP contribution in [0.25, 0.3) is 0 Å². The highest BCUT2D eigenvalue weighted by Crippen LogP contribution is 2.34. The van der Waals surface area contributed by atoms with E-state index in [0.29, 0.717) is 13.0 Å². The first-order valence-corrected chi connectivity index (χ1v) is 7.64. The first kappa shape index (κ1) is 18.1. The van der Waals surface area contributed by atoms with Crippen LogP contribution in [0.1, 0.15) is 29.6 Å². The number of ether oxygens (including phenoxy) is 2. The number of hydrogen-bond acceptors (Lipinski definition) is 5. The van der Waals surface area contributed by atoms with E-state index in [9.17, 15) is 18.4 Å². The fourth-order valence-electron chi connectivity index (χ4n) is 2.95. The maximum Gasteiger partial charge on any atom is 0.387 e. The Labute approximate surface area is 138 Å². The molecule has 1 aliphatic rings. The lowest BCUT2D eigenvalue weighted by Crippen LogP contribution is -2.30. The normalized spacial score (nSPS) is 20.0. The standard InChI is InChI=1S/C16H20F2N2O4/c1-23-15(22)9-5-6-12(13(7-9)24-16(17)18)20-14(21)11-4-2-3-10(11)8-19/h5-7,10-11,16H,2-4,8,19H2,1H3,(H,20,21)/t10-,11-/m1/s1. The van der Waals surface area contributed by atoms with Gasteiger partial charge in [-0.2, -0.15) is 8.78 Å². The van der Waals surface area contributed by atoms with Crippen molar-refractivity contribution in [3.63, 3.8) is 0 Å². The van der Waals surface area contributed by atoms with E-state index in [1.54, 1.807) is 0 Å². The van der Waals surface area contributed by atoms with Gasteiger partial charge < -0.3 is 20.5 Å². The van der Waals surface area contributed by atoms with Crippen molar-refractivity contribution in [2.24, 2.45) is 17.6 Å². The zero-order valence-electron chi connectivity index (χ0n) is 13.3. The minimum absolute atomic E-state index is 0.0480. The Morgan fingerprint density at radius 1 is 1.38 bits per heavy atom. The van der Waals surface area contributed by atoms with Crippen LogP contribution in [0.3, 0.4) is 0 Å². The largest absolute Gasteiger partial charge is 0.465 e. The second-order valence-electron chi connectivity index (χ2n) is 5.60. The summed E-state index contributed by atoms with van der Waals surface area (Å²) >= 11 is 0. The molecule has 2 atom stereocenters. The third kappa shape index (κ3) is 4.19. The number of hydrogen-bond donors (Lipinski definition) is 2. The maximum absolute atomic E-state index is 12.6. The zero-order valence-corrected chi connectivity index (χ0v) is 13.3. The predicted octanol–water partition coefficient (Wildman–Crippen LogP) is 2.39. The number of carbonyl (C=O) groups is 2. The number of nitrogens with one attached hydrogen (secondary N) is 1. The number of amides is 1. The summed E-state index contributed by atoms with van der Waals surface area (Å²) in [5.74, 6) is -1.43. The van der Waals surface area contributed by atoms with Gasteiger partial charge in [0.1, 0.15) is 5.75 Å². The van der Waals surface area contributed by atoms with E-state index < -0.39 is 12.6 Å². The van der Waals surface area contributed by atoms with Gasteiger partial charge in [-0.25, -0.2) is 4.79 Å². The van der Waals surface area contributed by atoms with Crippen molar-refractivity contribution in [2.75, 3.05) is 19.0 Å². The Morgan fingerprint density at radius 3 is 2.75 bits per heavy atom. The molecule has 2 rings (SSSR count). The van der Waals surface area contributed by atoms with Crippen LogP contribution < -0.4 is 15.8 Å². The summed E-state index contributed by atoms with van der Waals surface area (Å²) in [5, 5.41) is 2.60. The molecule has 0 aromatic heterocycles. The first-order chi connectivity index (χ1) is 11.5. The highest BCUT2D eigenvalue weighted by Gasteiger charge is 2.32. The lowest BCUT2D eigenvalue weighted by atomic mass is 9.95. The van der Waals surface area contributed by atoms with Gasteiger partial charge in [0.15, 0.2) is 0 Å². The summed E-state index contributed by atoms with van der Waals surface area (Å²) in [7, 11) is 1.18. The van der Waals surface area contributed by atoms with Crippen LogP contribution in [0.5, 0.6) is 5.75 Å². The van der Waals surface area contributed by atoms with Crippen LogP contribution in [0.2, 0.25) is 0 Å². The Bertz CT molecular complexity index is 610. The lowest BCUT2D eigenvalue weighted by molar-refractivity contribution is -0.120. The number of benzene rings is 1. The van der Waals surface area contributed by atoms with Gasteiger partial charge in [-0.1, -0.05) is 6.42 Å². The van der Waals surface area contributed by atoms with E-state index in [4.69, 9.17) is 5.73 Å². The van der Waals surface area contributed by atoms with Crippen LogP contribution >= 0.6 is 0 Å². The van der Waals surface area contributed by atoms with Crippen molar-refractivity contribution in [3.05, 3.63) is 23.8 Å². The zero-order chi connectivity index (χ0) is 17.7. The van der Waals surface area contributed by atoms with Gasteiger partial charge in [0.2, 0.25) is 5.91 Å². The SMILES string of the molecule is COC(=O)c1ccc(NC(=O)[C@@H]2CCC[C@@H]2CN)c(OC(F)F)c1. The molecule has 6 nitrogen and oxygen atoms in total. The molecule has 0 aliphatic heterocycles. The predicted molar refractivity (Wildman–Crippen MR) is 82.9 cm³/mol. The molecule has 1 aromatic rings. The fraction of sp³-hybridized carbons (Fsp3) is 0.500. The molecule has 3 N–H and O–H groups in total. The molecule has 0 saturated heterocycles. The number of esters is 1. The second kappa shape index (κ2) is 8.05. The molecular formula is C16H20F2N2O4. The smallest absolute Gasteiger partial charge is 0.387 e. The molecule has 0 heterocycles. The highest BCUT2D eigenvalue weighted by atomic mass is 19.3. The molecule has 0 radical (unpaired) electrons. The molecule has 0 spiro atoms. The number of nitrogens with two attached hydrogens (primary N) is 1. The molecule has 1 saturated carbocycles. The molecule has 8 heteroatoms. The van der Waals surface area contributed by atoms with Gasteiger partial charge in [-0.3, -0.25) is 4.79 Å². The molecule has 0 bridgehead atoms. The summed E-state index contributed by atoms with van der Waals surface area (Å²) in [4.78, 5) is 23.9. The molecule has 1 fully saturated rings. The van der Waals surface area contributed by atoms with Crippen molar-refractivity contribution in [2.45, 2.75) is 25.9 Å². The monoisotopic (exact) mass is 342 g/mol. The van der Waals surface area contributed by atoms with Gasteiger partial charge in [0, 0.05) is 5.92 Å². The summed E-state index contributed by atoms with van der Waals surface area (Å²) in [5.41, 5.74) is 5.79. The molecular weight excluding hydrogens is 322 g/mol. The third-order valence-corrected chi connectivity index (χ3v) is 4.18. The van der Waals surface area contributed by atoms with Crippen LogP contribution in [0, 0.1) is 11.8 Å². The second-order valence-corrected chi connectivity index (χ2v) is 5.60. The third-order valence-electron chi connectivity index (χ3n) is 4.18. The topological polar surface area (TPSA) is 90.7 Å². The van der Waals surface area contributed by atoms with Crippen molar-refractivity contribution in [3.8, 4) is 5.75 Å². The minimum Gasteiger partial charge on any atom is -0.465 e. The molecule has 132 valence electrons. The quantitative estimate of drug-likeness (QED) is 0.775. The number of halogens is 2. The van der Waals surface area contributed by atoms with E-state index in [0.717, 1.165) is 18.9 Å². The fourth-order valence-corrected chi connectivity index (χ4v) is 2.95. The number of anilines is 1. The van der Waals surface area contributed by atoms with Crippen molar-refractivity contribution in [1.29, 1.82) is 0 Å². The average molecular weight is 342 g/mol. The molecule has 0 unspecified atom stereocenters. The van der Waals surface area contributed by atoms with Crippen molar-refractivity contribution < 1.29 is 27.8 Å². The van der Waals surface area contributed by atoms with Crippen molar-refractivity contribution in [1.82, 2.24) is 0 Å². The van der Waals surface area contributed by atoms with Gasteiger partial charge in [0.25, 0.3) is 0 Å². The summed E-state index contributed by atoms with van der Waals surface area (Å²) in [6.07, 6.45) is 2.48. The van der Waals surface area contributed by atoms with Gasteiger partial charge in [-0.05, 0) is 43.5 Å². The Balaban J connectivity index is 2.21. The van der Waals surface area contributed by atoms with E-state index >= 15 is 0 Å². The van der Waals surface area contributed by atoms with Crippen molar-refractivity contribution >= 4 is 17.6 Å². The Hall–Kier alpha value is -2.22. The van der Waals surface area contributed by atoms with E-state index in [2.05, 4.69) is 14.8 Å². The number of alkyl halides is 2.